The molecular formula is C18H27N3. The number of nitrogens with one attached hydrogen (secondary N) is 1. The van der Waals surface area contributed by atoms with Gasteiger partial charge in [-0.1, -0.05) is 32.0 Å². The monoisotopic (exact) mass is 285 g/mol. The minimum absolute atomic E-state index is 0.511. The van der Waals surface area contributed by atoms with E-state index in [1.807, 2.05) is 6.20 Å². The molecule has 1 unspecified atom stereocenters. The summed E-state index contributed by atoms with van der Waals surface area (Å²) >= 11 is 0. The molecule has 1 aromatic heterocycles. The summed E-state index contributed by atoms with van der Waals surface area (Å²) in [5, 5.41) is 4.75. The molecule has 1 N–H and O–H groups in total. The first kappa shape index (κ1) is 15.9. The van der Waals surface area contributed by atoms with Gasteiger partial charge in [-0.3, -0.25) is 4.98 Å². The molecule has 0 bridgehead atoms. The van der Waals surface area contributed by atoms with Gasteiger partial charge in [-0.25, -0.2) is 0 Å². The minimum Gasteiger partial charge on any atom is -0.317 e. The molecule has 1 aromatic carbocycles. The van der Waals surface area contributed by atoms with Crippen molar-refractivity contribution in [3.8, 4) is 0 Å². The van der Waals surface area contributed by atoms with Crippen LogP contribution in [0.2, 0.25) is 0 Å². The van der Waals surface area contributed by atoms with Crippen LogP contribution in [-0.2, 0) is 6.42 Å². The first-order valence-electron chi connectivity index (χ1n) is 8.00. The number of pyridine rings is 1. The number of hydrogen-bond acceptors (Lipinski definition) is 3. The molecule has 0 spiro atoms. The lowest BCUT2D eigenvalue weighted by Crippen LogP contribution is -2.33. The van der Waals surface area contributed by atoms with E-state index in [9.17, 15) is 0 Å². The molecule has 1 atom stereocenters. The van der Waals surface area contributed by atoms with E-state index < -0.39 is 0 Å². The number of benzene rings is 1. The predicted molar refractivity (Wildman–Crippen MR) is 90.7 cm³/mol. The Kier molecular flexibility index (Phi) is 6.15. The zero-order valence-electron chi connectivity index (χ0n) is 13.5. The molecule has 3 heteroatoms. The van der Waals surface area contributed by atoms with Gasteiger partial charge >= 0.3 is 0 Å². The number of para-hydroxylation sites is 1. The first-order chi connectivity index (χ1) is 10.3. The van der Waals surface area contributed by atoms with Gasteiger partial charge in [0.15, 0.2) is 0 Å². The van der Waals surface area contributed by atoms with Crippen molar-refractivity contribution in [2.45, 2.75) is 32.7 Å². The van der Waals surface area contributed by atoms with Crippen LogP contribution in [-0.4, -0.2) is 42.6 Å². The Morgan fingerprint density at radius 1 is 1.14 bits per heavy atom. The summed E-state index contributed by atoms with van der Waals surface area (Å²) in [5.41, 5.74) is 2.48. The average Bonchev–Trinajstić information content (AvgIpc) is 2.54. The van der Waals surface area contributed by atoms with Gasteiger partial charge in [-0.2, -0.15) is 0 Å². The summed E-state index contributed by atoms with van der Waals surface area (Å²) in [7, 11) is 2.07. The van der Waals surface area contributed by atoms with E-state index >= 15 is 0 Å². The van der Waals surface area contributed by atoms with Crippen molar-refractivity contribution in [1.29, 1.82) is 0 Å². The summed E-state index contributed by atoms with van der Waals surface area (Å²) in [4.78, 5) is 6.93. The van der Waals surface area contributed by atoms with Crippen LogP contribution in [0.3, 0.4) is 0 Å². The highest BCUT2D eigenvalue weighted by molar-refractivity contribution is 5.81. The van der Waals surface area contributed by atoms with Gasteiger partial charge in [0.1, 0.15) is 0 Å². The topological polar surface area (TPSA) is 28.2 Å². The van der Waals surface area contributed by atoms with Crippen LogP contribution < -0.4 is 5.32 Å². The van der Waals surface area contributed by atoms with E-state index in [-0.39, 0.29) is 0 Å². The van der Waals surface area contributed by atoms with Crippen molar-refractivity contribution in [2.75, 3.05) is 26.7 Å². The third kappa shape index (κ3) is 4.26. The first-order valence-corrected chi connectivity index (χ1v) is 8.00. The van der Waals surface area contributed by atoms with Crippen LogP contribution in [0.5, 0.6) is 0 Å². The van der Waals surface area contributed by atoms with Crippen molar-refractivity contribution >= 4 is 10.9 Å². The Hall–Kier alpha value is -1.45. The molecule has 2 rings (SSSR count). The molecule has 0 saturated carbocycles. The maximum atomic E-state index is 4.45. The van der Waals surface area contributed by atoms with Crippen molar-refractivity contribution < 1.29 is 0 Å². The van der Waals surface area contributed by atoms with Gasteiger partial charge in [-0.15, -0.1) is 0 Å². The quantitative estimate of drug-likeness (QED) is 0.808. The summed E-state index contributed by atoms with van der Waals surface area (Å²) in [6, 6.07) is 11.1. The standard InChI is InChI=1S/C18H27N3/c1-4-21(5-2)13-11-16(19-3)14-15-10-12-20-18-9-7-6-8-17(15)18/h6-10,12,16,19H,4-5,11,13-14H2,1-3H3. The third-order valence-corrected chi connectivity index (χ3v) is 4.30. The molecular weight excluding hydrogens is 258 g/mol. The van der Waals surface area contributed by atoms with Crippen molar-refractivity contribution in [3.63, 3.8) is 0 Å². The lowest BCUT2D eigenvalue weighted by atomic mass is 10.00. The second-order valence-corrected chi connectivity index (χ2v) is 5.49. The van der Waals surface area contributed by atoms with Crippen LogP contribution in [0.1, 0.15) is 25.8 Å². The zero-order chi connectivity index (χ0) is 15.1. The smallest absolute Gasteiger partial charge is 0.0704 e. The molecule has 0 aliphatic rings. The Morgan fingerprint density at radius 2 is 1.90 bits per heavy atom. The number of fused-ring (bicyclic) bond motifs is 1. The second kappa shape index (κ2) is 8.11. The lowest BCUT2D eigenvalue weighted by Gasteiger charge is -2.23. The van der Waals surface area contributed by atoms with Crippen LogP contribution in [0, 0.1) is 0 Å². The molecule has 0 fully saturated rings. The number of hydrogen-bond donors (Lipinski definition) is 1. The molecule has 114 valence electrons. The highest BCUT2D eigenvalue weighted by Gasteiger charge is 2.11. The molecule has 0 radical (unpaired) electrons. The molecule has 0 amide bonds. The maximum absolute atomic E-state index is 4.45. The molecule has 21 heavy (non-hydrogen) atoms. The molecule has 0 aliphatic carbocycles. The number of nitrogens with zero attached hydrogens (tertiary/aromatic N) is 2. The molecule has 0 aliphatic heterocycles. The van der Waals surface area contributed by atoms with Gasteiger partial charge in [0.25, 0.3) is 0 Å². The maximum Gasteiger partial charge on any atom is 0.0704 e. The van der Waals surface area contributed by atoms with Gasteiger partial charge in [-0.05, 0) is 57.2 Å². The van der Waals surface area contributed by atoms with E-state index in [2.05, 4.69) is 66.4 Å². The largest absolute Gasteiger partial charge is 0.317 e. The van der Waals surface area contributed by atoms with Crippen molar-refractivity contribution in [2.24, 2.45) is 0 Å². The Labute approximate surface area is 128 Å². The summed E-state index contributed by atoms with van der Waals surface area (Å²) in [6.07, 6.45) is 4.16. The number of rotatable bonds is 8. The molecule has 2 aromatic rings. The number of aromatic nitrogens is 1. The van der Waals surface area contributed by atoms with E-state index in [1.165, 1.54) is 17.4 Å². The Bertz CT molecular complexity index is 544. The summed E-state index contributed by atoms with van der Waals surface area (Å²) < 4.78 is 0. The molecule has 0 saturated heterocycles. The fraction of sp³-hybridized carbons (Fsp3) is 0.500. The lowest BCUT2D eigenvalue weighted by molar-refractivity contribution is 0.283. The predicted octanol–water partition coefficient (Wildman–Crippen LogP) is 3.10. The van der Waals surface area contributed by atoms with Gasteiger partial charge < -0.3 is 10.2 Å². The third-order valence-electron chi connectivity index (χ3n) is 4.30. The zero-order valence-corrected chi connectivity index (χ0v) is 13.5. The minimum atomic E-state index is 0.511. The van der Waals surface area contributed by atoms with E-state index in [4.69, 9.17) is 0 Å². The number of likely N-dealkylation sites (N-methyl/N-ethyl adjacent to an activating group) is 1. The SMILES string of the molecule is CCN(CC)CCC(Cc1ccnc2ccccc12)NC. The normalized spacial score (nSPS) is 13.0. The van der Waals surface area contributed by atoms with Crippen LogP contribution in [0.25, 0.3) is 10.9 Å². The molecule has 3 nitrogen and oxygen atoms in total. The highest BCUT2D eigenvalue weighted by atomic mass is 15.1. The van der Waals surface area contributed by atoms with Crippen LogP contribution >= 0.6 is 0 Å². The van der Waals surface area contributed by atoms with E-state index in [0.717, 1.165) is 31.6 Å². The van der Waals surface area contributed by atoms with Crippen LogP contribution in [0.4, 0.5) is 0 Å². The average molecular weight is 285 g/mol. The fourth-order valence-corrected chi connectivity index (χ4v) is 2.83. The van der Waals surface area contributed by atoms with Gasteiger partial charge in [0.2, 0.25) is 0 Å². The van der Waals surface area contributed by atoms with Crippen molar-refractivity contribution in [1.82, 2.24) is 15.2 Å². The van der Waals surface area contributed by atoms with E-state index in [1.54, 1.807) is 0 Å². The summed E-state index contributed by atoms with van der Waals surface area (Å²) in [6.45, 7) is 7.88. The van der Waals surface area contributed by atoms with Gasteiger partial charge in [0.05, 0.1) is 5.52 Å². The van der Waals surface area contributed by atoms with Gasteiger partial charge in [0, 0.05) is 17.6 Å². The molecule has 1 heterocycles. The second-order valence-electron chi connectivity index (χ2n) is 5.49. The Balaban J connectivity index is 2.06. The van der Waals surface area contributed by atoms with E-state index in [0.29, 0.717) is 6.04 Å². The Morgan fingerprint density at radius 3 is 2.62 bits per heavy atom. The summed E-state index contributed by atoms with van der Waals surface area (Å²) in [5.74, 6) is 0. The van der Waals surface area contributed by atoms with Crippen LogP contribution in [0.15, 0.2) is 36.5 Å². The van der Waals surface area contributed by atoms with Crippen molar-refractivity contribution in [3.05, 3.63) is 42.1 Å². The fourth-order valence-electron chi connectivity index (χ4n) is 2.83. The highest BCUT2D eigenvalue weighted by Crippen LogP contribution is 2.18.